The molecule has 0 spiro atoms. The number of fused-ring (bicyclic) bond motifs is 12. The SMILES string of the molecule is Cc1nn2c3cc(-c4ccccc4-c4cc(-c5ccccc5-c5ccc(-c6cc(-c7ccccc7)ccn6)cc5)cc(-c5ccccc5-c5ccc6c7ncccc7c7c(C)c(C)nn7c6c5)c4)ccc3c3ncccc3c2c1C. The molecule has 7 aromatic heterocycles. The highest BCUT2D eigenvalue weighted by molar-refractivity contribution is 6.13. The van der Waals surface area contributed by atoms with Crippen LogP contribution in [0.15, 0.2) is 237 Å². The summed E-state index contributed by atoms with van der Waals surface area (Å²) in [6.07, 6.45) is 5.68. The van der Waals surface area contributed by atoms with Gasteiger partial charge in [0.05, 0.1) is 50.2 Å². The average Bonchev–Trinajstić information content (AvgIpc) is 4.20. The van der Waals surface area contributed by atoms with Crippen molar-refractivity contribution in [2.75, 3.05) is 0 Å². The van der Waals surface area contributed by atoms with Gasteiger partial charge in [-0.15, -0.1) is 0 Å². The number of nitrogens with zero attached hydrogens (tertiary/aromatic N) is 7. The van der Waals surface area contributed by atoms with Crippen LogP contribution in [0, 0.1) is 27.7 Å². The molecule has 0 unspecified atom stereocenters. The van der Waals surface area contributed by atoms with Crippen LogP contribution < -0.4 is 0 Å². The molecule has 0 aliphatic rings. The average molecular weight is 1030 g/mol. The van der Waals surface area contributed by atoms with Gasteiger partial charge in [0.1, 0.15) is 0 Å². The normalized spacial score (nSPS) is 11.8. The highest BCUT2D eigenvalue weighted by Crippen LogP contribution is 2.44. The molecule has 378 valence electrons. The minimum atomic E-state index is 0.937. The number of benzene rings is 8. The third kappa shape index (κ3) is 7.61. The van der Waals surface area contributed by atoms with Gasteiger partial charge < -0.3 is 0 Å². The van der Waals surface area contributed by atoms with E-state index < -0.39 is 0 Å². The molecule has 0 bridgehead atoms. The highest BCUT2D eigenvalue weighted by Gasteiger charge is 2.21. The lowest BCUT2D eigenvalue weighted by atomic mass is 9.86. The Hall–Kier alpha value is -10.4. The van der Waals surface area contributed by atoms with Crippen molar-refractivity contribution >= 4 is 54.6 Å². The second-order valence-corrected chi connectivity index (χ2v) is 21.0. The Kier molecular flexibility index (Phi) is 10.9. The Morgan fingerprint density at radius 2 is 0.688 bits per heavy atom. The predicted molar refractivity (Wildman–Crippen MR) is 330 cm³/mol. The van der Waals surface area contributed by atoms with Gasteiger partial charge in [-0.3, -0.25) is 15.0 Å². The highest BCUT2D eigenvalue weighted by atomic mass is 15.2. The van der Waals surface area contributed by atoms with E-state index in [0.29, 0.717) is 0 Å². The van der Waals surface area contributed by atoms with E-state index in [1.165, 1.54) is 5.56 Å². The Labute approximate surface area is 462 Å². The Balaban J connectivity index is 0.916. The van der Waals surface area contributed by atoms with E-state index >= 15 is 0 Å². The largest absolute Gasteiger partial charge is 0.256 e. The number of aromatic nitrogens is 7. The van der Waals surface area contributed by atoms with Crippen LogP contribution in [-0.4, -0.2) is 34.2 Å². The minimum Gasteiger partial charge on any atom is -0.256 e. The van der Waals surface area contributed by atoms with Crippen molar-refractivity contribution in [1.29, 1.82) is 0 Å². The Morgan fingerprint density at radius 3 is 1.16 bits per heavy atom. The van der Waals surface area contributed by atoms with E-state index in [-0.39, 0.29) is 0 Å². The number of aryl methyl sites for hydroxylation is 4. The van der Waals surface area contributed by atoms with Crippen LogP contribution >= 0.6 is 0 Å². The molecule has 8 aromatic carbocycles. The van der Waals surface area contributed by atoms with E-state index in [0.717, 1.165) is 161 Å². The topological polar surface area (TPSA) is 73.3 Å². The molecule has 0 aliphatic heterocycles. The van der Waals surface area contributed by atoms with E-state index in [1.54, 1.807) is 0 Å². The molecular formula is C73H51N7. The fraction of sp³-hybridized carbons (Fsp3) is 0.0548. The first-order valence-electron chi connectivity index (χ1n) is 27.2. The summed E-state index contributed by atoms with van der Waals surface area (Å²) < 4.78 is 4.25. The molecule has 0 saturated carbocycles. The van der Waals surface area contributed by atoms with E-state index in [1.807, 2.05) is 36.8 Å². The van der Waals surface area contributed by atoms with Crippen molar-refractivity contribution in [3.63, 3.8) is 0 Å². The fourth-order valence-corrected chi connectivity index (χ4v) is 12.2. The number of hydrogen-bond acceptors (Lipinski definition) is 5. The van der Waals surface area contributed by atoms with E-state index in [2.05, 4.69) is 237 Å². The molecular weight excluding hydrogens is 975 g/mol. The molecule has 0 amide bonds. The Bertz CT molecular complexity index is 4760. The zero-order valence-corrected chi connectivity index (χ0v) is 44.6. The molecule has 0 fully saturated rings. The molecule has 0 N–H and O–H groups in total. The van der Waals surface area contributed by atoms with Crippen molar-refractivity contribution < 1.29 is 0 Å². The summed E-state index contributed by atoms with van der Waals surface area (Å²) in [4.78, 5) is 14.7. The van der Waals surface area contributed by atoms with Crippen molar-refractivity contribution in [3.8, 4) is 89.1 Å². The zero-order valence-electron chi connectivity index (χ0n) is 44.6. The van der Waals surface area contributed by atoms with Gasteiger partial charge in [0.25, 0.3) is 0 Å². The second-order valence-electron chi connectivity index (χ2n) is 21.0. The maximum atomic E-state index is 5.13. The van der Waals surface area contributed by atoms with Gasteiger partial charge >= 0.3 is 0 Å². The number of hydrogen-bond donors (Lipinski definition) is 0. The maximum absolute atomic E-state index is 5.13. The van der Waals surface area contributed by atoms with Crippen LogP contribution in [-0.2, 0) is 0 Å². The molecule has 7 nitrogen and oxygen atoms in total. The minimum absolute atomic E-state index is 0.937. The smallest absolute Gasteiger partial charge is 0.0817 e. The van der Waals surface area contributed by atoms with Crippen LogP contribution in [0.1, 0.15) is 22.5 Å². The number of rotatable bonds is 8. The number of pyridine rings is 5. The zero-order chi connectivity index (χ0) is 53.6. The summed E-state index contributed by atoms with van der Waals surface area (Å²) >= 11 is 0. The van der Waals surface area contributed by atoms with Gasteiger partial charge in [-0.25, -0.2) is 9.03 Å². The quantitative estimate of drug-likeness (QED) is 0.142. The molecule has 7 heteroatoms. The third-order valence-electron chi connectivity index (χ3n) is 16.4. The van der Waals surface area contributed by atoms with Gasteiger partial charge in [0, 0.05) is 45.7 Å². The van der Waals surface area contributed by atoms with Gasteiger partial charge in [-0.1, -0.05) is 140 Å². The van der Waals surface area contributed by atoms with Crippen LogP contribution in [0.5, 0.6) is 0 Å². The summed E-state index contributed by atoms with van der Waals surface area (Å²) in [5, 5.41) is 14.6. The Morgan fingerprint density at radius 1 is 0.275 bits per heavy atom. The third-order valence-corrected chi connectivity index (χ3v) is 16.4. The molecule has 0 saturated heterocycles. The molecule has 7 heterocycles. The summed E-state index contributed by atoms with van der Waals surface area (Å²) in [6.45, 7) is 8.50. The van der Waals surface area contributed by atoms with E-state index in [4.69, 9.17) is 25.1 Å². The molecule has 80 heavy (non-hydrogen) atoms. The summed E-state index contributed by atoms with van der Waals surface area (Å²) in [6, 6.07) is 79.0. The van der Waals surface area contributed by atoms with Crippen LogP contribution in [0.3, 0.4) is 0 Å². The first-order valence-corrected chi connectivity index (χ1v) is 27.2. The van der Waals surface area contributed by atoms with Gasteiger partial charge in [-0.05, 0) is 196 Å². The summed E-state index contributed by atoms with van der Waals surface area (Å²) in [5.41, 5.74) is 28.3. The molecule has 15 aromatic rings. The fourth-order valence-electron chi connectivity index (χ4n) is 12.2. The van der Waals surface area contributed by atoms with Gasteiger partial charge in [-0.2, -0.15) is 10.2 Å². The van der Waals surface area contributed by atoms with Crippen molar-refractivity contribution in [1.82, 2.24) is 34.2 Å². The molecule has 0 radical (unpaired) electrons. The van der Waals surface area contributed by atoms with Crippen molar-refractivity contribution in [2.24, 2.45) is 0 Å². The van der Waals surface area contributed by atoms with Crippen LogP contribution in [0.25, 0.3) is 144 Å². The second kappa shape index (κ2) is 18.7. The lowest BCUT2D eigenvalue weighted by molar-refractivity contribution is 0.973. The van der Waals surface area contributed by atoms with Crippen LogP contribution in [0.4, 0.5) is 0 Å². The summed E-state index contributed by atoms with van der Waals surface area (Å²) in [7, 11) is 0. The van der Waals surface area contributed by atoms with Crippen molar-refractivity contribution in [3.05, 3.63) is 259 Å². The van der Waals surface area contributed by atoms with Crippen molar-refractivity contribution in [2.45, 2.75) is 27.7 Å². The van der Waals surface area contributed by atoms with Gasteiger partial charge in [0.2, 0.25) is 0 Å². The van der Waals surface area contributed by atoms with Crippen LogP contribution in [0.2, 0.25) is 0 Å². The first kappa shape index (κ1) is 46.9. The molecule has 0 atom stereocenters. The lowest BCUT2D eigenvalue weighted by Crippen LogP contribution is -1.96. The summed E-state index contributed by atoms with van der Waals surface area (Å²) in [5.74, 6) is 0. The first-order chi connectivity index (χ1) is 39.3. The monoisotopic (exact) mass is 1030 g/mol. The van der Waals surface area contributed by atoms with E-state index in [9.17, 15) is 0 Å². The standard InChI is InChI=1S/C73H51N7/c1-44-46(3)77-79-68-42-52(30-32-63(68)70-65(72(44)79)24-14-35-75-70)58-19-9-12-22-61(58)55-38-54(60-21-11-8-18-57(60)49-26-28-50(29-27-49)67-41-51(34-37-74-67)48-16-6-5-7-17-48)39-56(40-55)62-23-13-10-20-59(62)53-31-33-64-69(43-53)80-73(45(2)47(4)78-80)66-25-15-36-76-71(64)66/h5-43H,1-4H3. The van der Waals surface area contributed by atoms with Gasteiger partial charge in [0.15, 0.2) is 0 Å². The lowest BCUT2D eigenvalue weighted by Gasteiger charge is -2.18. The maximum Gasteiger partial charge on any atom is 0.0817 e. The molecule has 0 aliphatic carbocycles. The molecule has 15 rings (SSSR count). The predicted octanol–water partition coefficient (Wildman–Crippen LogP) is 18.3.